The van der Waals surface area contributed by atoms with Crippen LogP contribution in [-0.4, -0.2) is 25.2 Å². The quantitative estimate of drug-likeness (QED) is 0.617. The fraction of sp³-hybridized carbons (Fsp3) is 0.300. The molecule has 0 N–H and O–H groups in total. The molecule has 4 heteroatoms. The summed E-state index contributed by atoms with van der Waals surface area (Å²) < 4.78 is 10.3. The lowest BCUT2D eigenvalue weighted by Gasteiger charge is -2.08. The molecule has 0 atom stereocenters. The third-order valence-corrected chi connectivity index (χ3v) is 4.03. The molecule has 0 unspecified atom stereocenters. The Morgan fingerprint density at radius 1 is 0.667 bits per heavy atom. The molecule has 2 aromatic carbocycles. The van der Waals surface area contributed by atoms with Crippen LogP contribution in [0.15, 0.2) is 36.4 Å². The minimum absolute atomic E-state index is 0.0301. The second kappa shape index (κ2) is 7.77. The van der Waals surface area contributed by atoms with Crippen molar-refractivity contribution >= 4 is 11.9 Å². The molecule has 0 heterocycles. The van der Waals surface area contributed by atoms with Crippen molar-refractivity contribution in [1.29, 1.82) is 0 Å². The van der Waals surface area contributed by atoms with Crippen LogP contribution in [0, 0.1) is 27.7 Å². The highest BCUT2D eigenvalue weighted by molar-refractivity contribution is 5.90. The number of aryl methyl sites for hydroxylation is 4. The number of rotatable bonds is 5. The van der Waals surface area contributed by atoms with Gasteiger partial charge in [-0.05, 0) is 74.2 Å². The maximum atomic E-state index is 11.9. The summed E-state index contributed by atoms with van der Waals surface area (Å²) >= 11 is 0. The number of hydrogen-bond acceptors (Lipinski definition) is 4. The van der Waals surface area contributed by atoms with E-state index in [0.717, 1.165) is 22.3 Å². The van der Waals surface area contributed by atoms with E-state index in [4.69, 9.17) is 9.47 Å². The Bertz CT molecular complexity index is 697. The van der Waals surface area contributed by atoms with Crippen LogP contribution in [0.5, 0.6) is 0 Å². The molecule has 0 bridgehead atoms. The summed E-state index contributed by atoms with van der Waals surface area (Å²) in [5.74, 6) is -0.833. The van der Waals surface area contributed by atoms with Crippen molar-refractivity contribution in [1.82, 2.24) is 0 Å². The zero-order chi connectivity index (χ0) is 17.7. The average molecular weight is 326 g/mol. The summed E-state index contributed by atoms with van der Waals surface area (Å²) in [6.45, 7) is 7.91. The van der Waals surface area contributed by atoms with E-state index in [1.165, 1.54) is 0 Å². The second-order valence-electron chi connectivity index (χ2n) is 5.87. The minimum Gasteiger partial charge on any atom is -0.458 e. The van der Waals surface area contributed by atoms with E-state index >= 15 is 0 Å². The smallest absolute Gasteiger partial charge is 0.338 e. The number of carbonyl (C=O) groups is 2. The van der Waals surface area contributed by atoms with Gasteiger partial charge in [0.25, 0.3) is 0 Å². The highest BCUT2D eigenvalue weighted by atomic mass is 16.6. The number of benzene rings is 2. The molecule has 0 saturated heterocycles. The maximum absolute atomic E-state index is 11.9. The highest BCUT2D eigenvalue weighted by Gasteiger charge is 2.10. The minimum atomic E-state index is -0.416. The number of hydrogen-bond donors (Lipinski definition) is 0. The molecule has 2 rings (SSSR count). The fourth-order valence-electron chi connectivity index (χ4n) is 2.17. The topological polar surface area (TPSA) is 52.6 Å². The Labute approximate surface area is 142 Å². The summed E-state index contributed by atoms with van der Waals surface area (Å²) in [5, 5.41) is 0. The SMILES string of the molecule is Cc1ccc(C(=O)OCCOC(=O)c2ccc(C)c(C)c2)cc1C. The van der Waals surface area contributed by atoms with Crippen LogP contribution in [0.3, 0.4) is 0 Å². The van der Waals surface area contributed by atoms with Gasteiger partial charge in [0.15, 0.2) is 0 Å². The first-order valence-corrected chi connectivity index (χ1v) is 7.87. The lowest BCUT2D eigenvalue weighted by molar-refractivity contribution is 0.0265. The fourth-order valence-corrected chi connectivity index (χ4v) is 2.17. The van der Waals surface area contributed by atoms with E-state index in [-0.39, 0.29) is 13.2 Å². The standard InChI is InChI=1S/C20H22O4/c1-13-5-7-17(11-15(13)3)19(21)23-9-10-24-20(22)18-8-6-14(2)16(4)12-18/h5-8,11-12H,9-10H2,1-4H3. The molecule has 2 aromatic rings. The van der Waals surface area contributed by atoms with Gasteiger partial charge < -0.3 is 9.47 Å². The molecule has 0 aromatic heterocycles. The summed E-state index contributed by atoms with van der Waals surface area (Å²) in [6.07, 6.45) is 0. The highest BCUT2D eigenvalue weighted by Crippen LogP contribution is 2.12. The number of carbonyl (C=O) groups excluding carboxylic acids is 2. The monoisotopic (exact) mass is 326 g/mol. The van der Waals surface area contributed by atoms with Gasteiger partial charge >= 0.3 is 11.9 Å². The predicted molar refractivity (Wildman–Crippen MR) is 92.4 cm³/mol. The molecule has 0 spiro atoms. The van der Waals surface area contributed by atoms with Gasteiger partial charge in [-0.1, -0.05) is 12.1 Å². The Balaban J connectivity index is 1.81. The van der Waals surface area contributed by atoms with Gasteiger partial charge in [0, 0.05) is 0 Å². The molecular formula is C20H22O4. The molecule has 0 amide bonds. The van der Waals surface area contributed by atoms with Crippen molar-refractivity contribution in [2.45, 2.75) is 27.7 Å². The van der Waals surface area contributed by atoms with Crippen LogP contribution in [0.1, 0.15) is 43.0 Å². The second-order valence-corrected chi connectivity index (χ2v) is 5.87. The van der Waals surface area contributed by atoms with Crippen LogP contribution in [0.25, 0.3) is 0 Å². The predicted octanol–water partition coefficient (Wildman–Crippen LogP) is 3.93. The molecule has 24 heavy (non-hydrogen) atoms. The van der Waals surface area contributed by atoms with Crippen molar-refractivity contribution in [2.75, 3.05) is 13.2 Å². The van der Waals surface area contributed by atoms with Gasteiger partial charge in [-0.3, -0.25) is 0 Å². The van der Waals surface area contributed by atoms with Crippen molar-refractivity contribution in [2.24, 2.45) is 0 Å². The third-order valence-electron chi connectivity index (χ3n) is 4.03. The van der Waals surface area contributed by atoms with Gasteiger partial charge in [0.1, 0.15) is 13.2 Å². The normalized spacial score (nSPS) is 10.3. The lowest BCUT2D eigenvalue weighted by Crippen LogP contribution is -2.14. The zero-order valence-corrected chi connectivity index (χ0v) is 14.5. The Hall–Kier alpha value is -2.62. The van der Waals surface area contributed by atoms with Crippen LogP contribution in [-0.2, 0) is 9.47 Å². The molecule has 0 aliphatic heterocycles. The molecular weight excluding hydrogens is 304 g/mol. The van der Waals surface area contributed by atoms with Gasteiger partial charge in [-0.25, -0.2) is 9.59 Å². The Kier molecular flexibility index (Phi) is 5.74. The summed E-state index contributed by atoms with van der Waals surface area (Å²) in [6, 6.07) is 10.8. The van der Waals surface area contributed by atoms with Gasteiger partial charge in [0.2, 0.25) is 0 Å². The maximum Gasteiger partial charge on any atom is 0.338 e. The Morgan fingerprint density at radius 3 is 1.38 bits per heavy atom. The molecule has 0 radical (unpaired) electrons. The van der Waals surface area contributed by atoms with Crippen molar-refractivity contribution < 1.29 is 19.1 Å². The van der Waals surface area contributed by atoms with Gasteiger partial charge in [-0.15, -0.1) is 0 Å². The summed E-state index contributed by atoms with van der Waals surface area (Å²) in [7, 11) is 0. The first-order chi connectivity index (χ1) is 11.4. The molecule has 0 aliphatic carbocycles. The zero-order valence-electron chi connectivity index (χ0n) is 14.5. The van der Waals surface area contributed by atoms with E-state index in [2.05, 4.69) is 0 Å². The van der Waals surface area contributed by atoms with Crippen LogP contribution in [0.4, 0.5) is 0 Å². The number of esters is 2. The van der Waals surface area contributed by atoms with E-state index in [0.29, 0.717) is 11.1 Å². The molecule has 0 aliphatic rings. The summed E-state index contributed by atoms with van der Waals surface area (Å²) in [5.41, 5.74) is 5.30. The number of ether oxygens (including phenoxy) is 2. The van der Waals surface area contributed by atoms with Crippen LogP contribution >= 0.6 is 0 Å². The molecule has 4 nitrogen and oxygen atoms in total. The first kappa shape index (κ1) is 17.7. The van der Waals surface area contributed by atoms with E-state index in [1.54, 1.807) is 24.3 Å². The van der Waals surface area contributed by atoms with Gasteiger partial charge in [0.05, 0.1) is 11.1 Å². The van der Waals surface area contributed by atoms with Crippen molar-refractivity contribution in [3.05, 3.63) is 69.8 Å². The van der Waals surface area contributed by atoms with Crippen LogP contribution < -0.4 is 0 Å². The first-order valence-electron chi connectivity index (χ1n) is 7.87. The average Bonchev–Trinajstić information content (AvgIpc) is 2.56. The lowest BCUT2D eigenvalue weighted by atomic mass is 10.1. The Morgan fingerprint density at radius 2 is 1.04 bits per heavy atom. The molecule has 0 saturated carbocycles. The van der Waals surface area contributed by atoms with Crippen LogP contribution in [0.2, 0.25) is 0 Å². The largest absolute Gasteiger partial charge is 0.458 e. The van der Waals surface area contributed by atoms with Crippen molar-refractivity contribution in [3.8, 4) is 0 Å². The summed E-state index contributed by atoms with van der Waals surface area (Å²) in [4.78, 5) is 23.9. The van der Waals surface area contributed by atoms with Gasteiger partial charge in [-0.2, -0.15) is 0 Å². The van der Waals surface area contributed by atoms with E-state index < -0.39 is 11.9 Å². The molecule has 126 valence electrons. The van der Waals surface area contributed by atoms with Crippen molar-refractivity contribution in [3.63, 3.8) is 0 Å². The molecule has 0 fully saturated rings. The third kappa shape index (κ3) is 4.44. The van der Waals surface area contributed by atoms with E-state index in [9.17, 15) is 9.59 Å². The van der Waals surface area contributed by atoms with E-state index in [1.807, 2.05) is 39.8 Å².